The topological polar surface area (TPSA) is 50.7 Å². The van der Waals surface area contributed by atoms with Crippen LogP contribution in [0.3, 0.4) is 0 Å². The van der Waals surface area contributed by atoms with Crippen molar-refractivity contribution in [3.63, 3.8) is 0 Å². The lowest BCUT2D eigenvalue weighted by Crippen LogP contribution is -2.18. The molecule has 0 bridgehead atoms. The van der Waals surface area contributed by atoms with Crippen LogP contribution in [0.4, 0.5) is 0 Å². The fourth-order valence-electron chi connectivity index (χ4n) is 2.38. The summed E-state index contributed by atoms with van der Waals surface area (Å²) in [5.41, 5.74) is 4.31. The van der Waals surface area contributed by atoms with Gasteiger partial charge in [-0.25, -0.2) is 5.43 Å². The van der Waals surface area contributed by atoms with Crippen molar-refractivity contribution < 1.29 is 9.53 Å². The minimum absolute atomic E-state index is 0.253. The van der Waals surface area contributed by atoms with Gasteiger partial charge in [0.2, 0.25) is 0 Å². The Hall–Kier alpha value is -2.53. The Balaban J connectivity index is 1.67. The number of rotatable bonds is 6. The normalized spacial score (nSPS) is 10.8. The van der Waals surface area contributed by atoms with Gasteiger partial charge in [-0.05, 0) is 36.4 Å². The number of hydrogen-bond donors (Lipinski definition) is 1. The fraction of sp³-hybridized carbons (Fsp3) is 0.0476. The Morgan fingerprint density at radius 1 is 0.964 bits per heavy atom. The molecule has 0 saturated carbocycles. The third-order valence-electron chi connectivity index (χ3n) is 3.81. The molecule has 0 aliphatic rings. The number of amides is 1. The van der Waals surface area contributed by atoms with E-state index in [1.165, 1.54) is 18.3 Å². The van der Waals surface area contributed by atoms with Gasteiger partial charge in [-0.3, -0.25) is 4.79 Å². The number of nitrogens with one attached hydrogen (secondary N) is 1. The van der Waals surface area contributed by atoms with Gasteiger partial charge in [-0.1, -0.05) is 65.1 Å². The molecule has 0 saturated heterocycles. The minimum atomic E-state index is -0.438. The van der Waals surface area contributed by atoms with Crippen LogP contribution in [0.15, 0.2) is 71.8 Å². The molecule has 0 aromatic heterocycles. The molecule has 28 heavy (non-hydrogen) atoms. The molecule has 0 spiro atoms. The number of hydrogen-bond acceptors (Lipinski definition) is 3. The van der Waals surface area contributed by atoms with Crippen molar-refractivity contribution in [1.29, 1.82) is 0 Å². The third-order valence-corrected chi connectivity index (χ3v) is 4.72. The van der Waals surface area contributed by atoms with E-state index in [4.69, 9.17) is 39.5 Å². The Bertz CT molecular complexity index is 1020. The van der Waals surface area contributed by atoms with Crippen LogP contribution >= 0.6 is 34.8 Å². The standard InChI is InChI=1S/C21H15Cl3N2O2/c22-16-9-10-17(19(24)11-16)21(27)26-25-12-14-5-2-4-8-20(14)28-13-15-6-1-3-7-18(15)23/h1-12H,13H2,(H,26,27)/b25-12-. The number of para-hydroxylation sites is 1. The van der Waals surface area contributed by atoms with Crippen molar-refractivity contribution in [2.24, 2.45) is 5.10 Å². The predicted octanol–water partition coefficient (Wildman–Crippen LogP) is 5.99. The lowest BCUT2D eigenvalue weighted by molar-refractivity contribution is 0.0955. The first-order valence-corrected chi connectivity index (χ1v) is 9.41. The fourth-order valence-corrected chi connectivity index (χ4v) is 3.07. The molecule has 1 amide bonds. The largest absolute Gasteiger partial charge is 0.488 e. The summed E-state index contributed by atoms with van der Waals surface area (Å²) in [6.45, 7) is 0.317. The maximum Gasteiger partial charge on any atom is 0.272 e. The van der Waals surface area contributed by atoms with E-state index in [1.54, 1.807) is 6.07 Å². The Labute approximate surface area is 177 Å². The molecule has 0 atom stereocenters. The maximum atomic E-state index is 12.2. The number of nitrogens with zero attached hydrogens (tertiary/aromatic N) is 1. The molecule has 4 nitrogen and oxygen atoms in total. The van der Waals surface area contributed by atoms with Crippen molar-refractivity contribution in [3.8, 4) is 5.75 Å². The van der Waals surface area contributed by atoms with Crippen LogP contribution in [0.5, 0.6) is 5.75 Å². The molecule has 0 aliphatic heterocycles. The van der Waals surface area contributed by atoms with Crippen LogP contribution in [0.2, 0.25) is 15.1 Å². The van der Waals surface area contributed by atoms with Crippen molar-refractivity contribution in [3.05, 3.63) is 98.5 Å². The zero-order chi connectivity index (χ0) is 19.9. The maximum absolute atomic E-state index is 12.2. The average Bonchev–Trinajstić information content (AvgIpc) is 2.68. The summed E-state index contributed by atoms with van der Waals surface area (Å²) in [6.07, 6.45) is 1.50. The van der Waals surface area contributed by atoms with Crippen molar-refractivity contribution in [2.45, 2.75) is 6.61 Å². The smallest absolute Gasteiger partial charge is 0.272 e. The highest BCUT2D eigenvalue weighted by atomic mass is 35.5. The highest BCUT2D eigenvalue weighted by molar-refractivity contribution is 6.36. The molecule has 7 heteroatoms. The van der Waals surface area contributed by atoms with Gasteiger partial charge < -0.3 is 4.74 Å². The molecule has 0 heterocycles. The van der Waals surface area contributed by atoms with Gasteiger partial charge in [-0.2, -0.15) is 5.10 Å². The first kappa shape index (κ1) is 20.2. The van der Waals surface area contributed by atoms with Crippen LogP contribution in [-0.4, -0.2) is 12.1 Å². The molecule has 0 radical (unpaired) electrons. The highest BCUT2D eigenvalue weighted by Crippen LogP contribution is 2.22. The number of carbonyl (C=O) groups excluding carboxylic acids is 1. The van der Waals surface area contributed by atoms with E-state index < -0.39 is 5.91 Å². The van der Waals surface area contributed by atoms with Gasteiger partial charge >= 0.3 is 0 Å². The summed E-state index contributed by atoms with van der Waals surface area (Å²) in [7, 11) is 0. The molecule has 0 fully saturated rings. The van der Waals surface area contributed by atoms with Gasteiger partial charge in [0, 0.05) is 21.2 Å². The lowest BCUT2D eigenvalue weighted by Gasteiger charge is -2.10. The summed E-state index contributed by atoms with van der Waals surface area (Å²) in [5.74, 6) is 0.178. The second-order valence-electron chi connectivity index (χ2n) is 5.74. The SMILES string of the molecule is O=C(N/N=C\c1ccccc1OCc1ccccc1Cl)c1ccc(Cl)cc1Cl. The molecular weight excluding hydrogens is 419 g/mol. The number of benzene rings is 3. The third kappa shape index (κ3) is 5.26. The summed E-state index contributed by atoms with van der Waals surface area (Å²) >= 11 is 18.0. The molecule has 1 N–H and O–H groups in total. The second-order valence-corrected chi connectivity index (χ2v) is 6.99. The quantitative estimate of drug-likeness (QED) is 0.383. The van der Waals surface area contributed by atoms with Crippen LogP contribution in [0, 0.1) is 0 Å². The first-order valence-electron chi connectivity index (χ1n) is 8.28. The molecule has 3 aromatic rings. The van der Waals surface area contributed by atoms with E-state index in [0.717, 1.165) is 5.56 Å². The van der Waals surface area contributed by atoms with Crippen molar-refractivity contribution in [1.82, 2.24) is 5.43 Å². The van der Waals surface area contributed by atoms with E-state index in [1.807, 2.05) is 48.5 Å². The monoisotopic (exact) mass is 432 g/mol. The van der Waals surface area contributed by atoms with Gasteiger partial charge in [0.05, 0.1) is 16.8 Å². The molecular formula is C21H15Cl3N2O2. The van der Waals surface area contributed by atoms with Crippen molar-refractivity contribution in [2.75, 3.05) is 0 Å². The van der Waals surface area contributed by atoms with Crippen molar-refractivity contribution >= 4 is 46.9 Å². The minimum Gasteiger partial charge on any atom is -0.488 e. The van der Waals surface area contributed by atoms with Gasteiger partial charge in [0.1, 0.15) is 12.4 Å². The zero-order valence-corrected chi connectivity index (χ0v) is 16.8. The van der Waals surface area contributed by atoms with Crippen LogP contribution in [0.1, 0.15) is 21.5 Å². The summed E-state index contributed by atoms with van der Waals surface area (Å²) < 4.78 is 5.85. The zero-order valence-electron chi connectivity index (χ0n) is 14.5. The van der Waals surface area contributed by atoms with Gasteiger partial charge in [-0.15, -0.1) is 0 Å². The van der Waals surface area contributed by atoms with Crippen LogP contribution < -0.4 is 10.2 Å². The number of hydrazone groups is 1. The van der Waals surface area contributed by atoms with E-state index >= 15 is 0 Å². The molecule has 3 rings (SSSR count). The Morgan fingerprint density at radius 2 is 1.71 bits per heavy atom. The van der Waals surface area contributed by atoms with E-state index in [-0.39, 0.29) is 10.6 Å². The molecule has 142 valence electrons. The predicted molar refractivity (Wildman–Crippen MR) is 114 cm³/mol. The summed E-state index contributed by atoms with van der Waals surface area (Å²) in [5, 5.41) is 5.34. The number of halogens is 3. The molecule has 0 unspecified atom stereocenters. The second kappa shape index (κ2) is 9.60. The Kier molecular flexibility index (Phi) is 6.93. The number of carbonyl (C=O) groups is 1. The first-order chi connectivity index (χ1) is 13.5. The highest BCUT2D eigenvalue weighted by Gasteiger charge is 2.10. The van der Waals surface area contributed by atoms with Gasteiger partial charge in [0.25, 0.3) is 5.91 Å². The van der Waals surface area contributed by atoms with Crippen LogP contribution in [0.25, 0.3) is 0 Å². The Morgan fingerprint density at radius 3 is 2.50 bits per heavy atom. The molecule has 0 aliphatic carbocycles. The molecule has 3 aromatic carbocycles. The average molecular weight is 434 g/mol. The lowest BCUT2D eigenvalue weighted by atomic mass is 10.2. The van der Waals surface area contributed by atoms with Gasteiger partial charge in [0.15, 0.2) is 0 Å². The van der Waals surface area contributed by atoms with E-state index in [9.17, 15) is 4.79 Å². The summed E-state index contributed by atoms with van der Waals surface area (Å²) in [6, 6.07) is 19.4. The van der Waals surface area contributed by atoms with Crippen LogP contribution in [-0.2, 0) is 6.61 Å². The van der Waals surface area contributed by atoms with E-state index in [2.05, 4.69) is 10.5 Å². The number of ether oxygens (including phenoxy) is 1. The van der Waals surface area contributed by atoms with E-state index in [0.29, 0.717) is 28.0 Å². The summed E-state index contributed by atoms with van der Waals surface area (Å²) in [4.78, 5) is 12.2.